The smallest absolute Gasteiger partial charge is 0.00966 e. The molecule has 1 fully saturated rings. The van der Waals surface area contributed by atoms with E-state index in [1.54, 1.807) is 0 Å². The van der Waals surface area contributed by atoms with Crippen molar-refractivity contribution in [3.05, 3.63) is 22.4 Å². The maximum absolute atomic E-state index is 3.64. The second-order valence-electron chi connectivity index (χ2n) is 6.75. The lowest BCUT2D eigenvalue weighted by Crippen LogP contribution is -2.43. The minimum absolute atomic E-state index is 0.260. The van der Waals surface area contributed by atoms with E-state index in [1.165, 1.54) is 50.3 Å². The average Bonchev–Trinajstić information content (AvgIpc) is 2.87. The largest absolute Gasteiger partial charge is 0.312 e. The Morgan fingerprint density at radius 2 is 2.05 bits per heavy atom. The summed E-state index contributed by atoms with van der Waals surface area (Å²) in [4.78, 5) is 4.16. The van der Waals surface area contributed by atoms with Gasteiger partial charge in [-0.1, -0.05) is 6.07 Å². The van der Waals surface area contributed by atoms with Crippen molar-refractivity contribution in [3.63, 3.8) is 0 Å². The molecule has 2 heterocycles. The Kier molecular flexibility index (Phi) is 5.43. The first kappa shape index (κ1) is 15.0. The number of piperidine rings is 1. The molecule has 0 amide bonds. The molecule has 3 heteroatoms. The summed E-state index contributed by atoms with van der Waals surface area (Å²) in [6.45, 7) is 11.7. The van der Waals surface area contributed by atoms with Crippen LogP contribution in [0.25, 0.3) is 0 Å². The number of nitrogens with zero attached hydrogens (tertiary/aromatic N) is 1. The molecule has 0 bridgehead atoms. The van der Waals surface area contributed by atoms with Crippen LogP contribution < -0.4 is 5.32 Å². The van der Waals surface area contributed by atoms with Crippen LogP contribution in [0.5, 0.6) is 0 Å². The summed E-state index contributed by atoms with van der Waals surface area (Å²) >= 11 is 1.89. The van der Waals surface area contributed by atoms with Crippen molar-refractivity contribution in [2.75, 3.05) is 26.2 Å². The van der Waals surface area contributed by atoms with Gasteiger partial charge in [0.05, 0.1) is 0 Å². The lowest BCUT2D eigenvalue weighted by atomic mass is 9.95. The molecule has 0 atom stereocenters. The van der Waals surface area contributed by atoms with Gasteiger partial charge in [0.25, 0.3) is 0 Å². The first-order chi connectivity index (χ1) is 9.03. The zero-order valence-corrected chi connectivity index (χ0v) is 13.4. The van der Waals surface area contributed by atoms with Crippen LogP contribution in [0.1, 0.15) is 38.5 Å². The number of nitrogens with one attached hydrogen (secondary N) is 1. The van der Waals surface area contributed by atoms with E-state index in [9.17, 15) is 0 Å². The van der Waals surface area contributed by atoms with E-state index < -0.39 is 0 Å². The minimum Gasteiger partial charge on any atom is -0.312 e. The molecule has 0 spiro atoms. The highest BCUT2D eigenvalue weighted by Crippen LogP contribution is 2.18. The number of thiophene rings is 1. The summed E-state index contributed by atoms with van der Waals surface area (Å²) in [5.74, 6) is 0.872. The van der Waals surface area contributed by atoms with Crippen molar-refractivity contribution in [1.82, 2.24) is 10.2 Å². The highest BCUT2D eigenvalue weighted by molar-refractivity contribution is 7.09. The Hall–Kier alpha value is -0.380. The Bertz CT molecular complexity index is 345. The maximum Gasteiger partial charge on any atom is 0.00966 e. The number of hydrogen-bond acceptors (Lipinski definition) is 3. The summed E-state index contributed by atoms with van der Waals surface area (Å²) < 4.78 is 0. The first-order valence-electron chi connectivity index (χ1n) is 7.53. The summed E-state index contributed by atoms with van der Waals surface area (Å²) in [6, 6.07) is 4.41. The summed E-state index contributed by atoms with van der Waals surface area (Å²) in [7, 11) is 0. The Morgan fingerprint density at radius 1 is 1.32 bits per heavy atom. The van der Waals surface area contributed by atoms with Crippen molar-refractivity contribution in [2.45, 2.75) is 45.6 Å². The van der Waals surface area contributed by atoms with E-state index in [0.29, 0.717) is 0 Å². The SMILES string of the molecule is CC(C)(C)NCC1CCN(CCc2cccs2)CC1. The molecule has 2 nitrogen and oxygen atoms in total. The number of likely N-dealkylation sites (tertiary alicyclic amines) is 1. The molecule has 0 saturated carbocycles. The van der Waals surface area contributed by atoms with Crippen molar-refractivity contribution < 1.29 is 0 Å². The zero-order chi connectivity index (χ0) is 13.7. The third-order valence-electron chi connectivity index (χ3n) is 3.88. The van der Waals surface area contributed by atoms with E-state index in [-0.39, 0.29) is 5.54 Å². The average molecular weight is 280 g/mol. The molecule has 0 aromatic carbocycles. The molecule has 108 valence electrons. The zero-order valence-electron chi connectivity index (χ0n) is 12.6. The molecule has 1 aromatic heterocycles. The second kappa shape index (κ2) is 6.87. The van der Waals surface area contributed by atoms with Gasteiger partial charge in [-0.25, -0.2) is 0 Å². The van der Waals surface area contributed by atoms with Gasteiger partial charge < -0.3 is 10.2 Å². The third-order valence-corrected chi connectivity index (χ3v) is 4.82. The first-order valence-corrected chi connectivity index (χ1v) is 8.41. The van der Waals surface area contributed by atoms with Crippen LogP contribution in [0.2, 0.25) is 0 Å². The Balaban J connectivity index is 1.62. The lowest BCUT2D eigenvalue weighted by Gasteiger charge is -2.33. The molecule has 1 N–H and O–H groups in total. The number of rotatable bonds is 5. The topological polar surface area (TPSA) is 15.3 Å². The van der Waals surface area contributed by atoms with Crippen LogP contribution in [-0.4, -0.2) is 36.6 Å². The lowest BCUT2D eigenvalue weighted by molar-refractivity contribution is 0.178. The van der Waals surface area contributed by atoms with E-state index in [2.05, 4.69) is 48.5 Å². The summed E-state index contributed by atoms with van der Waals surface area (Å²) in [5.41, 5.74) is 0.260. The van der Waals surface area contributed by atoms with Gasteiger partial charge in [0, 0.05) is 17.0 Å². The predicted octanol–water partition coefficient (Wildman–Crippen LogP) is 3.39. The fourth-order valence-corrected chi connectivity index (χ4v) is 3.29. The number of hydrogen-bond donors (Lipinski definition) is 1. The monoisotopic (exact) mass is 280 g/mol. The maximum atomic E-state index is 3.64. The highest BCUT2D eigenvalue weighted by Gasteiger charge is 2.20. The quantitative estimate of drug-likeness (QED) is 0.889. The van der Waals surface area contributed by atoms with E-state index >= 15 is 0 Å². The van der Waals surface area contributed by atoms with Gasteiger partial charge in [0.1, 0.15) is 0 Å². The van der Waals surface area contributed by atoms with Crippen LogP contribution in [0.4, 0.5) is 0 Å². The van der Waals surface area contributed by atoms with Crippen molar-refractivity contribution in [3.8, 4) is 0 Å². The third kappa shape index (κ3) is 5.64. The van der Waals surface area contributed by atoms with Crippen molar-refractivity contribution >= 4 is 11.3 Å². The van der Waals surface area contributed by atoms with Gasteiger partial charge in [-0.15, -0.1) is 11.3 Å². The van der Waals surface area contributed by atoms with Crippen LogP contribution in [0.15, 0.2) is 17.5 Å². The Labute approximate surface area is 122 Å². The second-order valence-corrected chi connectivity index (χ2v) is 7.78. The molecule has 1 aromatic rings. The molecule has 0 unspecified atom stereocenters. The van der Waals surface area contributed by atoms with Crippen molar-refractivity contribution in [2.24, 2.45) is 5.92 Å². The fourth-order valence-electron chi connectivity index (χ4n) is 2.59. The van der Waals surface area contributed by atoms with E-state index in [0.717, 1.165) is 5.92 Å². The van der Waals surface area contributed by atoms with E-state index in [4.69, 9.17) is 0 Å². The molecule has 1 aliphatic rings. The van der Waals surface area contributed by atoms with Gasteiger partial charge in [-0.2, -0.15) is 0 Å². The molecule has 0 aliphatic carbocycles. The van der Waals surface area contributed by atoms with E-state index in [1.807, 2.05) is 11.3 Å². The normalized spacial score (nSPS) is 18.9. The molecule has 2 rings (SSSR count). The highest BCUT2D eigenvalue weighted by atomic mass is 32.1. The fraction of sp³-hybridized carbons (Fsp3) is 0.750. The van der Waals surface area contributed by atoms with Crippen LogP contribution in [0.3, 0.4) is 0 Å². The van der Waals surface area contributed by atoms with Gasteiger partial charge >= 0.3 is 0 Å². The molecule has 19 heavy (non-hydrogen) atoms. The van der Waals surface area contributed by atoms with Gasteiger partial charge in [-0.05, 0) is 77.0 Å². The summed E-state index contributed by atoms with van der Waals surface area (Å²) in [6.07, 6.45) is 3.93. The predicted molar refractivity (Wildman–Crippen MR) is 84.9 cm³/mol. The van der Waals surface area contributed by atoms with Gasteiger partial charge in [-0.3, -0.25) is 0 Å². The molecular weight excluding hydrogens is 252 g/mol. The Morgan fingerprint density at radius 3 is 2.63 bits per heavy atom. The summed E-state index contributed by atoms with van der Waals surface area (Å²) in [5, 5.41) is 5.82. The molecular formula is C16H28N2S. The molecule has 1 aliphatic heterocycles. The molecule has 1 saturated heterocycles. The van der Waals surface area contributed by atoms with Gasteiger partial charge in [0.15, 0.2) is 0 Å². The standard InChI is InChI=1S/C16H28N2S/c1-16(2,3)17-13-14-6-9-18(10-7-14)11-8-15-5-4-12-19-15/h4-5,12,14,17H,6-11,13H2,1-3H3. The molecule has 0 radical (unpaired) electrons. The van der Waals surface area contributed by atoms with Crippen LogP contribution >= 0.6 is 11.3 Å². The van der Waals surface area contributed by atoms with Crippen LogP contribution in [0, 0.1) is 5.92 Å². The van der Waals surface area contributed by atoms with Crippen molar-refractivity contribution in [1.29, 1.82) is 0 Å². The van der Waals surface area contributed by atoms with Gasteiger partial charge in [0.2, 0.25) is 0 Å². The van der Waals surface area contributed by atoms with Crippen LogP contribution in [-0.2, 0) is 6.42 Å². The minimum atomic E-state index is 0.260.